The lowest BCUT2D eigenvalue weighted by atomic mass is 10.0. The molecule has 0 saturated heterocycles. The van der Waals surface area contributed by atoms with Gasteiger partial charge in [-0.25, -0.2) is 4.98 Å². The van der Waals surface area contributed by atoms with Gasteiger partial charge in [0.25, 0.3) is 0 Å². The van der Waals surface area contributed by atoms with E-state index in [0.29, 0.717) is 0 Å². The summed E-state index contributed by atoms with van der Waals surface area (Å²) in [6.45, 7) is 10.1. The zero-order valence-corrected chi connectivity index (χ0v) is 19.6. The fourth-order valence-electron chi connectivity index (χ4n) is 4.23. The van der Waals surface area contributed by atoms with Crippen molar-refractivity contribution in [3.63, 3.8) is 0 Å². The molecule has 0 saturated carbocycles. The number of rotatable bonds is 11. The number of carbonyl (C=O) groups excluding carboxylic acids is 1. The number of aryl methyl sites for hydroxylation is 3. The van der Waals surface area contributed by atoms with Crippen LogP contribution < -0.4 is 5.32 Å². The highest BCUT2D eigenvalue weighted by Gasteiger charge is 2.14. The van der Waals surface area contributed by atoms with Gasteiger partial charge in [-0.05, 0) is 62.8 Å². The topological polar surface area (TPSA) is 46.9 Å². The molecule has 3 rings (SSSR count). The number of imidazole rings is 1. The van der Waals surface area contributed by atoms with Gasteiger partial charge in [0.05, 0.1) is 11.0 Å². The van der Waals surface area contributed by atoms with Gasteiger partial charge < -0.3 is 9.88 Å². The summed E-state index contributed by atoms with van der Waals surface area (Å²) in [6, 6.07) is 15.1. The van der Waals surface area contributed by atoms with Gasteiger partial charge >= 0.3 is 0 Å². The van der Waals surface area contributed by atoms with Crippen molar-refractivity contribution in [3.8, 4) is 0 Å². The minimum Gasteiger partial charge on any atom is -0.356 e. The minimum atomic E-state index is 0.157. The molecule has 3 aromatic rings. The Kier molecular flexibility index (Phi) is 8.27. The third-order valence-electron chi connectivity index (χ3n) is 6.30. The average Bonchev–Trinajstić information content (AvgIpc) is 3.11. The van der Waals surface area contributed by atoms with Crippen LogP contribution in [0.4, 0.5) is 0 Å². The number of hydrogen-bond acceptors (Lipinski definition) is 2. The van der Waals surface area contributed by atoms with E-state index in [1.165, 1.54) is 22.2 Å². The molecule has 0 fully saturated rings. The molecule has 0 atom stereocenters. The largest absolute Gasteiger partial charge is 0.356 e. The molecule has 0 aliphatic heterocycles. The standard InChI is InChI=1S/C27H37N3O/c1-5-22(6-2)27(31)28-17-11-7-8-14-26-29-24-12-9-10-13-25(24)30(26)19-23-18-20(3)15-16-21(23)4/h9-10,12-13,15-16,18,22H,5-8,11,14,17,19H2,1-4H3,(H,28,31). The van der Waals surface area contributed by atoms with Gasteiger partial charge in [0, 0.05) is 25.4 Å². The molecule has 4 heteroatoms. The smallest absolute Gasteiger partial charge is 0.223 e. The summed E-state index contributed by atoms with van der Waals surface area (Å²) in [6.07, 6.45) is 5.98. The number of para-hydroxylation sites is 2. The molecule has 0 aliphatic carbocycles. The Morgan fingerprint density at radius 3 is 2.58 bits per heavy atom. The van der Waals surface area contributed by atoms with Crippen molar-refractivity contribution in [2.24, 2.45) is 5.92 Å². The van der Waals surface area contributed by atoms with E-state index in [9.17, 15) is 4.79 Å². The Morgan fingerprint density at radius 2 is 1.81 bits per heavy atom. The Labute approximate surface area is 187 Å². The Bertz CT molecular complexity index is 1000. The predicted molar refractivity (Wildman–Crippen MR) is 129 cm³/mol. The van der Waals surface area contributed by atoms with E-state index in [2.05, 4.69) is 80.0 Å². The molecular weight excluding hydrogens is 382 g/mol. The van der Waals surface area contributed by atoms with E-state index in [-0.39, 0.29) is 11.8 Å². The molecule has 0 radical (unpaired) electrons. The quantitative estimate of drug-likeness (QED) is 0.389. The SMILES string of the molecule is CCC(CC)C(=O)NCCCCCc1nc2ccccc2n1Cc1cc(C)ccc1C. The molecule has 166 valence electrons. The van der Waals surface area contributed by atoms with E-state index in [0.717, 1.165) is 63.0 Å². The van der Waals surface area contributed by atoms with Gasteiger partial charge in [-0.3, -0.25) is 4.79 Å². The highest BCUT2D eigenvalue weighted by Crippen LogP contribution is 2.21. The molecule has 1 amide bonds. The third kappa shape index (κ3) is 5.96. The van der Waals surface area contributed by atoms with Crippen molar-refractivity contribution in [2.75, 3.05) is 6.54 Å². The van der Waals surface area contributed by atoms with Crippen molar-refractivity contribution in [1.29, 1.82) is 0 Å². The Morgan fingerprint density at radius 1 is 1.03 bits per heavy atom. The molecule has 1 heterocycles. The first kappa shape index (κ1) is 23.1. The van der Waals surface area contributed by atoms with Gasteiger partial charge in [0.1, 0.15) is 5.82 Å². The summed E-state index contributed by atoms with van der Waals surface area (Å²) in [5, 5.41) is 3.10. The number of carbonyl (C=O) groups is 1. The number of nitrogens with zero attached hydrogens (tertiary/aromatic N) is 2. The minimum absolute atomic E-state index is 0.157. The molecule has 1 N–H and O–H groups in total. The van der Waals surface area contributed by atoms with E-state index in [1.54, 1.807) is 0 Å². The second-order valence-electron chi connectivity index (χ2n) is 8.65. The number of amides is 1. The van der Waals surface area contributed by atoms with E-state index >= 15 is 0 Å². The fraction of sp³-hybridized carbons (Fsp3) is 0.481. The van der Waals surface area contributed by atoms with Crippen molar-refractivity contribution in [2.45, 2.75) is 72.8 Å². The zero-order valence-electron chi connectivity index (χ0n) is 19.6. The summed E-state index contributed by atoms with van der Waals surface area (Å²) >= 11 is 0. The van der Waals surface area contributed by atoms with Gasteiger partial charge in [-0.1, -0.05) is 56.2 Å². The Hall–Kier alpha value is -2.62. The number of hydrogen-bond donors (Lipinski definition) is 1. The van der Waals surface area contributed by atoms with Crippen molar-refractivity contribution in [1.82, 2.24) is 14.9 Å². The number of nitrogens with one attached hydrogen (secondary N) is 1. The van der Waals surface area contributed by atoms with Crippen LogP contribution in [0.25, 0.3) is 11.0 Å². The summed E-state index contributed by atoms with van der Waals surface area (Å²) < 4.78 is 2.38. The molecule has 1 aromatic heterocycles. The molecule has 4 nitrogen and oxygen atoms in total. The first-order valence-corrected chi connectivity index (χ1v) is 11.8. The van der Waals surface area contributed by atoms with Crippen LogP contribution in [0.3, 0.4) is 0 Å². The maximum absolute atomic E-state index is 12.1. The number of unbranched alkanes of at least 4 members (excludes halogenated alkanes) is 2. The van der Waals surface area contributed by atoms with Crippen LogP contribution in [0.1, 0.15) is 68.5 Å². The fourth-order valence-corrected chi connectivity index (χ4v) is 4.23. The lowest BCUT2D eigenvalue weighted by Crippen LogP contribution is -2.30. The van der Waals surface area contributed by atoms with Crippen molar-refractivity contribution >= 4 is 16.9 Å². The molecule has 0 bridgehead atoms. The highest BCUT2D eigenvalue weighted by molar-refractivity contribution is 5.78. The zero-order chi connectivity index (χ0) is 22.2. The molecule has 31 heavy (non-hydrogen) atoms. The molecule has 2 aromatic carbocycles. The lowest BCUT2D eigenvalue weighted by molar-refractivity contribution is -0.125. The Balaban J connectivity index is 1.61. The van der Waals surface area contributed by atoms with Crippen LogP contribution in [0.15, 0.2) is 42.5 Å². The predicted octanol–water partition coefficient (Wildman–Crippen LogP) is 5.97. The van der Waals surface area contributed by atoms with E-state index < -0.39 is 0 Å². The van der Waals surface area contributed by atoms with Crippen LogP contribution >= 0.6 is 0 Å². The van der Waals surface area contributed by atoms with Gasteiger partial charge in [0.15, 0.2) is 0 Å². The highest BCUT2D eigenvalue weighted by atomic mass is 16.1. The summed E-state index contributed by atoms with van der Waals surface area (Å²) in [7, 11) is 0. The molecular formula is C27H37N3O. The molecule has 0 unspecified atom stereocenters. The average molecular weight is 420 g/mol. The summed E-state index contributed by atoms with van der Waals surface area (Å²) in [5.41, 5.74) is 6.24. The van der Waals surface area contributed by atoms with Crippen LogP contribution in [-0.4, -0.2) is 22.0 Å². The van der Waals surface area contributed by atoms with Gasteiger partial charge in [-0.2, -0.15) is 0 Å². The van der Waals surface area contributed by atoms with Gasteiger partial charge in [0.2, 0.25) is 5.91 Å². The lowest BCUT2D eigenvalue weighted by Gasteiger charge is -2.13. The number of benzene rings is 2. The van der Waals surface area contributed by atoms with E-state index in [4.69, 9.17) is 4.98 Å². The first-order valence-electron chi connectivity index (χ1n) is 11.8. The normalized spacial score (nSPS) is 11.4. The second kappa shape index (κ2) is 11.1. The summed E-state index contributed by atoms with van der Waals surface area (Å²) in [5.74, 6) is 1.52. The summed E-state index contributed by atoms with van der Waals surface area (Å²) in [4.78, 5) is 17.0. The third-order valence-corrected chi connectivity index (χ3v) is 6.30. The van der Waals surface area contributed by atoms with Crippen molar-refractivity contribution < 1.29 is 4.79 Å². The molecule has 0 aliphatic rings. The van der Waals surface area contributed by atoms with Crippen LogP contribution in [-0.2, 0) is 17.8 Å². The van der Waals surface area contributed by atoms with Crippen LogP contribution in [0, 0.1) is 19.8 Å². The maximum atomic E-state index is 12.1. The number of aromatic nitrogens is 2. The maximum Gasteiger partial charge on any atom is 0.223 e. The van der Waals surface area contributed by atoms with Crippen LogP contribution in [0.2, 0.25) is 0 Å². The van der Waals surface area contributed by atoms with Crippen molar-refractivity contribution in [3.05, 3.63) is 65.0 Å². The van der Waals surface area contributed by atoms with E-state index in [1.807, 2.05) is 0 Å². The second-order valence-corrected chi connectivity index (χ2v) is 8.65. The number of fused-ring (bicyclic) bond motifs is 1. The van der Waals surface area contributed by atoms with Crippen LogP contribution in [0.5, 0.6) is 0 Å². The first-order chi connectivity index (χ1) is 15.0. The van der Waals surface area contributed by atoms with Gasteiger partial charge in [-0.15, -0.1) is 0 Å². The molecule has 0 spiro atoms. The monoisotopic (exact) mass is 419 g/mol.